The number of carbonyl (C=O) groups excluding carboxylic acids is 1. The third kappa shape index (κ3) is 3.79. The summed E-state index contributed by atoms with van der Waals surface area (Å²) in [5.74, 6) is -0.149. The Hall–Kier alpha value is -2.70. The van der Waals surface area contributed by atoms with E-state index in [9.17, 15) is 9.59 Å². The second kappa shape index (κ2) is 7.25. The number of aliphatic carboxylic acids is 1. The largest absolute Gasteiger partial charge is 0.481 e. The molecule has 24 heavy (non-hydrogen) atoms. The van der Waals surface area contributed by atoms with Crippen molar-refractivity contribution < 1.29 is 19.2 Å². The first-order chi connectivity index (χ1) is 11.6. The number of rotatable bonds is 4. The molecular formula is C17H19N3O4. The Balaban J connectivity index is 1.64. The summed E-state index contributed by atoms with van der Waals surface area (Å²) < 4.78 is 4.72. The topological polar surface area (TPSA) is 96.5 Å². The Bertz CT molecular complexity index is 697. The van der Waals surface area contributed by atoms with Crippen molar-refractivity contribution in [1.29, 1.82) is 0 Å². The molecule has 1 aromatic carbocycles. The summed E-state index contributed by atoms with van der Waals surface area (Å²) in [7, 11) is 0. The number of amides is 1. The Morgan fingerprint density at radius 3 is 2.67 bits per heavy atom. The normalized spacial score (nSPS) is 18.2. The quantitative estimate of drug-likeness (QED) is 0.925. The molecule has 1 saturated heterocycles. The van der Waals surface area contributed by atoms with Crippen molar-refractivity contribution in [2.45, 2.75) is 25.7 Å². The Morgan fingerprint density at radius 2 is 2.00 bits per heavy atom. The Kier molecular flexibility index (Phi) is 4.88. The molecule has 0 unspecified atom stereocenters. The van der Waals surface area contributed by atoms with Gasteiger partial charge in [-0.2, -0.15) is 4.98 Å². The molecule has 0 radical (unpaired) electrons. The molecule has 1 amide bonds. The van der Waals surface area contributed by atoms with Crippen LogP contribution in [-0.4, -0.2) is 45.1 Å². The molecule has 1 aromatic heterocycles. The molecule has 0 aliphatic carbocycles. The average Bonchev–Trinajstić information content (AvgIpc) is 3.02. The molecular weight excluding hydrogens is 310 g/mol. The average molecular weight is 329 g/mol. The van der Waals surface area contributed by atoms with Crippen LogP contribution in [0.25, 0.3) is 11.4 Å². The third-order valence-corrected chi connectivity index (χ3v) is 4.35. The standard InChI is InChI=1S/C17H19N3O4/c21-15(22)10-12-2-1-8-20(9-7-12)17(23)14-5-3-13(4-6-14)16-18-11-24-19-16/h3-6,11-12H,1-2,7-10H2,(H,21,22)/t12-/m1/s1. The van der Waals surface area contributed by atoms with Crippen molar-refractivity contribution in [3.05, 3.63) is 36.2 Å². The van der Waals surface area contributed by atoms with Crippen LogP contribution in [0.5, 0.6) is 0 Å². The van der Waals surface area contributed by atoms with Gasteiger partial charge < -0.3 is 14.5 Å². The van der Waals surface area contributed by atoms with Crippen LogP contribution in [0.1, 0.15) is 36.0 Å². The summed E-state index contributed by atoms with van der Waals surface area (Å²) in [5, 5.41) is 12.7. The van der Waals surface area contributed by atoms with Crippen molar-refractivity contribution in [3.8, 4) is 11.4 Å². The lowest BCUT2D eigenvalue weighted by molar-refractivity contribution is -0.138. The molecule has 7 nitrogen and oxygen atoms in total. The van der Waals surface area contributed by atoms with Gasteiger partial charge in [-0.15, -0.1) is 0 Å². The zero-order chi connectivity index (χ0) is 16.9. The molecule has 126 valence electrons. The summed E-state index contributed by atoms with van der Waals surface area (Å²) in [4.78, 5) is 29.3. The molecule has 0 bridgehead atoms. The molecule has 1 atom stereocenters. The summed E-state index contributed by atoms with van der Waals surface area (Å²) in [6.45, 7) is 1.27. The van der Waals surface area contributed by atoms with Gasteiger partial charge in [0.25, 0.3) is 5.91 Å². The molecule has 7 heteroatoms. The summed E-state index contributed by atoms with van der Waals surface area (Å²) in [6.07, 6.45) is 3.87. The molecule has 2 aromatic rings. The van der Waals surface area contributed by atoms with Gasteiger partial charge in [0.05, 0.1) is 0 Å². The van der Waals surface area contributed by atoms with E-state index in [1.807, 2.05) is 4.90 Å². The molecule has 1 aliphatic heterocycles. The molecule has 1 aliphatic rings. The van der Waals surface area contributed by atoms with E-state index in [4.69, 9.17) is 9.63 Å². The van der Waals surface area contributed by atoms with Crippen molar-refractivity contribution >= 4 is 11.9 Å². The van der Waals surface area contributed by atoms with Gasteiger partial charge in [0.2, 0.25) is 12.2 Å². The lowest BCUT2D eigenvalue weighted by Gasteiger charge is -2.20. The molecule has 2 heterocycles. The van der Waals surface area contributed by atoms with Crippen LogP contribution >= 0.6 is 0 Å². The first kappa shape index (κ1) is 16.2. The van der Waals surface area contributed by atoms with Crippen molar-refractivity contribution in [3.63, 3.8) is 0 Å². The van der Waals surface area contributed by atoms with Gasteiger partial charge in [-0.05, 0) is 37.3 Å². The first-order valence-electron chi connectivity index (χ1n) is 8.01. The van der Waals surface area contributed by atoms with Crippen molar-refractivity contribution in [1.82, 2.24) is 15.0 Å². The molecule has 3 rings (SSSR count). The number of carboxylic acid groups (broad SMARTS) is 1. The van der Waals surface area contributed by atoms with E-state index in [1.165, 1.54) is 6.39 Å². The number of carboxylic acids is 1. The minimum absolute atomic E-state index is 0.0226. The van der Waals surface area contributed by atoms with E-state index in [2.05, 4.69) is 10.1 Å². The van der Waals surface area contributed by atoms with E-state index in [1.54, 1.807) is 24.3 Å². The number of benzene rings is 1. The van der Waals surface area contributed by atoms with Gasteiger partial charge in [-0.25, -0.2) is 0 Å². The zero-order valence-corrected chi connectivity index (χ0v) is 13.2. The second-order valence-electron chi connectivity index (χ2n) is 6.02. The highest BCUT2D eigenvalue weighted by Gasteiger charge is 2.23. The zero-order valence-electron chi connectivity index (χ0n) is 13.2. The summed E-state index contributed by atoms with van der Waals surface area (Å²) >= 11 is 0. The SMILES string of the molecule is O=C(O)C[C@@H]1CCCN(C(=O)c2ccc(-c3ncon3)cc2)CC1. The van der Waals surface area contributed by atoms with Gasteiger partial charge >= 0.3 is 5.97 Å². The van der Waals surface area contributed by atoms with Gasteiger partial charge in [-0.3, -0.25) is 9.59 Å². The number of carbonyl (C=O) groups is 2. The van der Waals surface area contributed by atoms with Crippen LogP contribution in [0.2, 0.25) is 0 Å². The minimum Gasteiger partial charge on any atom is -0.481 e. The molecule has 0 saturated carbocycles. The van der Waals surface area contributed by atoms with Crippen LogP contribution in [-0.2, 0) is 4.79 Å². The van der Waals surface area contributed by atoms with Crippen LogP contribution in [0.3, 0.4) is 0 Å². The Morgan fingerprint density at radius 1 is 1.21 bits per heavy atom. The van der Waals surface area contributed by atoms with Gasteiger partial charge in [0.15, 0.2) is 0 Å². The van der Waals surface area contributed by atoms with E-state index < -0.39 is 5.97 Å². The smallest absolute Gasteiger partial charge is 0.303 e. The number of hydrogen-bond donors (Lipinski definition) is 1. The summed E-state index contributed by atoms with van der Waals surface area (Å²) in [5.41, 5.74) is 1.40. The van der Waals surface area contributed by atoms with Gasteiger partial charge in [0.1, 0.15) is 0 Å². The monoisotopic (exact) mass is 329 g/mol. The number of likely N-dealkylation sites (tertiary alicyclic amines) is 1. The van der Waals surface area contributed by atoms with E-state index in [-0.39, 0.29) is 18.2 Å². The first-order valence-corrected chi connectivity index (χ1v) is 8.01. The fraction of sp³-hybridized carbons (Fsp3) is 0.412. The molecule has 1 N–H and O–H groups in total. The van der Waals surface area contributed by atoms with Crippen LogP contribution in [0.4, 0.5) is 0 Å². The molecule has 1 fully saturated rings. The van der Waals surface area contributed by atoms with Crippen molar-refractivity contribution in [2.24, 2.45) is 5.92 Å². The minimum atomic E-state index is -0.767. The number of aromatic nitrogens is 2. The Labute approximate surface area is 139 Å². The summed E-state index contributed by atoms with van der Waals surface area (Å²) in [6, 6.07) is 7.10. The fourth-order valence-corrected chi connectivity index (χ4v) is 3.06. The van der Waals surface area contributed by atoms with E-state index >= 15 is 0 Å². The highest BCUT2D eigenvalue weighted by atomic mass is 16.5. The van der Waals surface area contributed by atoms with Crippen LogP contribution in [0.15, 0.2) is 35.2 Å². The van der Waals surface area contributed by atoms with E-state index in [0.717, 1.165) is 24.8 Å². The maximum absolute atomic E-state index is 12.6. The maximum atomic E-state index is 12.6. The highest BCUT2D eigenvalue weighted by Crippen LogP contribution is 2.22. The van der Waals surface area contributed by atoms with Crippen LogP contribution in [0, 0.1) is 5.92 Å². The fourth-order valence-electron chi connectivity index (χ4n) is 3.06. The predicted molar refractivity (Wildman–Crippen MR) is 85.2 cm³/mol. The van der Waals surface area contributed by atoms with Gasteiger partial charge in [-0.1, -0.05) is 17.3 Å². The lowest BCUT2D eigenvalue weighted by Crippen LogP contribution is -2.32. The van der Waals surface area contributed by atoms with Gasteiger partial charge in [0, 0.05) is 30.6 Å². The highest BCUT2D eigenvalue weighted by molar-refractivity contribution is 5.94. The number of hydrogen-bond acceptors (Lipinski definition) is 5. The lowest BCUT2D eigenvalue weighted by atomic mass is 9.97. The molecule has 0 spiro atoms. The second-order valence-corrected chi connectivity index (χ2v) is 6.02. The number of nitrogens with zero attached hydrogens (tertiary/aromatic N) is 3. The van der Waals surface area contributed by atoms with Crippen molar-refractivity contribution in [2.75, 3.05) is 13.1 Å². The third-order valence-electron chi connectivity index (χ3n) is 4.35. The van der Waals surface area contributed by atoms with Crippen LogP contribution < -0.4 is 0 Å². The van der Waals surface area contributed by atoms with E-state index in [0.29, 0.717) is 24.5 Å². The predicted octanol–water partition coefficient (Wildman–Crippen LogP) is 2.45. The maximum Gasteiger partial charge on any atom is 0.303 e.